The predicted octanol–water partition coefficient (Wildman–Crippen LogP) is 1.90. The van der Waals surface area contributed by atoms with Crippen LogP contribution in [0.1, 0.15) is 26.2 Å². The molecule has 1 saturated heterocycles. The van der Waals surface area contributed by atoms with Gasteiger partial charge in [-0.25, -0.2) is 4.79 Å². The summed E-state index contributed by atoms with van der Waals surface area (Å²) < 4.78 is 0. The van der Waals surface area contributed by atoms with Gasteiger partial charge >= 0.3 is 6.03 Å². The number of urea groups is 1. The van der Waals surface area contributed by atoms with Crippen molar-refractivity contribution in [2.75, 3.05) is 23.7 Å². The van der Waals surface area contributed by atoms with Crippen molar-refractivity contribution in [1.82, 2.24) is 5.32 Å². The SMILES string of the molecule is CCC1(C(=O)Nc2ccc(NC(N)=O)cc2)CCNCC1. The minimum Gasteiger partial charge on any atom is -0.351 e. The lowest BCUT2D eigenvalue weighted by Crippen LogP contribution is -2.44. The second kappa shape index (κ2) is 6.58. The van der Waals surface area contributed by atoms with Gasteiger partial charge in [0.25, 0.3) is 0 Å². The number of hydrogen-bond donors (Lipinski definition) is 4. The number of primary amides is 1. The molecule has 1 aliphatic heterocycles. The van der Waals surface area contributed by atoms with Gasteiger partial charge < -0.3 is 21.7 Å². The maximum absolute atomic E-state index is 12.6. The van der Waals surface area contributed by atoms with E-state index in [9.17, 15) is 9.59 Å². The van der Waals surface area contributed by atoms with Crippen LogP contribution in [-0.2, 0) is 4.79 Å². The molecule has 1 aromatic carbocycles. The van der Waals surface area contributed by atoms with Crippen molar-refractivity contribution >= 4 is 23.3 Å². The molecule has 3 amide bonds. The summed E-state index contributed by atoms with van der Waals surface area (Å²) in [5.74, 6) is 0.0714. The highest BCUT2D eigenvalue weighted by atomic mass is 16.2. The minimum absolute atomic E-state index is 0.0714. The van der Waals surface area contributed by atoms with Gasteiger partial charge in [-0.15, -0.1) is 0 Å². The molecule has 6 nitrogen and oxygen atoms in total. The van der Waals surface area contributed by atoms with Crippen LogP contribution in [0.4, 0.5) is 16.2 Å². The third-order valence-corrected chi connectivity index (χ3v) is 4.13. The van der Waals surface area contributed by atoms with E-state index in [-0.39, 0.29) is 11.3 Å². The number of benzene rings is 1. The van der Waals surface area contributed by atoms with Crippen molar-refractivity contribution in [2.24, 2.45) is 11.1 Å². The molecule has 1 aliphatic rings. The van der Waals surface area contributed by atoms with E-state index >= 15 is 0 Å². The van der Waals surface area contributed by atoms with Crippen molar-refractivity contribution < 1.29 is 9.59 Å². The Morgan fingerprint density at radius 2 is 1.67 bits per heavy atom. The van der Waals surface area contributed by atoms with Gasteiger partial charge in [-0.2, -0.15) is 0 Å². The summed E-state index contributed by atoms with van der Waals surface area (Å²) in [7, 11) is 0. The van der Waals surface area contributed by atoms with Gasteiger partial charge in [0.05, 0.1) is 5.41 Å². The van der Waals surface area contributed by atoms with Gasteiger partial charge in [0, 0.05) is 11.4 Å². The Kier molecular flexibility index (Phi) is 4.80. The first-order valence-electron chi connectivity index (χ1n) is 7.24. The Bertz CT molecular complexity index is 507. The molecule has 0 saturated carbocycles. The van der Waals surface area contributed by atoms with Crippen LogP contribution >= 0.6 is 0 Å². The quantitative estimate of drug-likeness (QED) is 0.682. The highest BCUT2D eigenvalue weighted by Gasteiger charge is 2.37. The number of anilines is 2. The molecule has 5 N–H and O–H groups in total. The third-order valence-electron chi connectivity index (χ3n) is 4.13. The topological polar surface area (TPSA) is 96.2 Å². The molecule has 1 aromatic rings. The second-order valence-corrected chi connectivity index (χ2v) is 5.40. The number of rotatable bonds is 4. The highest BCUT2D eigenvalue weighted by Crippen LogP contribution is 2.34. The second-order valence-electron chi connectivity index (χ2n) is 5.40. The standard InChI is InChI=1S/C15H22N4O2/c1-2-15(7-9-17-10-8-15)13(20)18-11-3-5-12(6-4-11)19-14(16)21/h3-6,17H,2,7-10H2,1H3,(H,18,20)(H3,16,19,21). The Hall–Kier alpha value is -2.08. The molecule has 2 rings (SSSR count). The third kappa shape index (κ3) is 3.72. The van der Waals surface area contributed by atoms with Gasteiger partial charge in [0.15, 0.2) is 0 Å². The number of amides is 3. The largest absolute Gasteiger partial charge is 0.351 e. The number of carbonyl (C=O) groups is 2. The lowest BCUT2D eigenvalue weighted by atomic mass is 9.76. The van der Waals surface area contributed by atoms with Crippen molar-refractivity contribution in [2.45, 2.75) is 26.2 Å². The maximum Gasteiger partial charge on any atom is 0.316 e. The molecule has 0 atom stereocenters. The van der Waals surface area contributed by atoms with Crippen LogP contribution in [-0.4, -0.2) is 25.0 Å². The zero-order chi connectivity index (χ0) is 15.3. The van der Waals surface area contributed by atoms with Gasteiger partial charge in [-0.05, 0) is 56.6 Å². The summed E-state index contributed by atoms with van der Waals surface area (Å²) >= 11 is 0. The van der Waals surface area contributed by atoms with Crippen LogP contribution in [0.15, 0.2) is 24.3 Å². The van der Waals surface area contributed by atoms with Crippen molar-refractivity contribution in [3.63, 3.8) is 0 Å². The van der Waals surface area contributed by atoms with Crippen molar-refractivity contribution in [3.05, 3.63) is 24.3 Å². The molecule has 1 heterocycles. The fourth-order valence-electron chi connectivity index (χ4n) is 2.69. The van der Waals surface area contributed by atoms with E-state index in [0.29, 0.717) is 5.69 Å². The highest BCUT2D eigenvalue weighted by molar-refractivity contribution is 5.96. The molecule has 0 aromatic heterocycles. The van der Waals surface area contributed by atoms with Crippen LogP contribution in [0.5, 0.6) is 0 Å². The first-order valence-corrected chi connectivity index (χ1v) is 7.24. The van der Waals surface area contributed by atoms with Gasteiger partial charge in [0.1, 0.15) is 0 Å². The van der Waals surface area contributed by atoms with E-state index in [1.807, 2.05) is 0 Å². The average Bonchev–Trinajstić information content (AvgIpc) is 2.49. The summed E-state index contributed by atoms with van der Waals surface area (Å²) in [5, 5.41) is 8.74. The van der Waals surface area contributed by atoms with Crippen LogP contribution in [0.2, 0.25) is 0 Å². The Morgan fingerprint density at radius 3 is 2.14 bits per heavy atom. The first kappa shape index (κ1) is 15.3. The van der Waals surface area contributed by atoms with Gasteiger partial charge in [-0.3, -0.25) is 4.79 Å². The lowest BCUT2D eigenvalue weighted by molar-refractivity contribution is -0.127. The molecule has 0 spiro atoms. The first-order chi connectivity index (χ1) is 10.1. The molecule has 0 radical (unpaired) electrons. The number of carbonyl (C=O) groups excluding carboxylic acids is 2. The van der Waals surface area contributed by atoms with Crippen molar-refractivity contribution in [3.8, 4) is 0 Å². The van der Waals surface area contributed by atoms with Gasteiger partial charge in [-0.1, -0.05) is 6.92 Å². The lowest BCUT2D eigenvalue weighted by Gasteiger charge is -2.35. The monoisotopic (exact) mass is 290 g/mol. The summed E-state index contributed by atoms with van der Waals surface area (Å²) in [6, 6.07) is 6.33. The normalized spacial score (nSPS) is 17.0. The zero-order valence-electron chi connectivity index (χ0n) is 12.2. The number of hydrogen-bond acceptors (Lipinski definition) is 3. The fourth-order valence-corrected chi connectivity index (χ4v) is 2.69. The summed E-state index contributed by atoms with van der Waals surface area (Å²) in [4.78, 5) is 23.3. The fraction of sp³-hybridized carbons (Fsp3) is 0.467. The molecule has 114 valence electrons. The minimum atomic E-state index is -0.605. The summed E-state index contributed by atoms with van der Waals surface area (Å²) in [5.41, 5.74) is 6.10. The summed E-state index contributed by atoms with van der Waals surface area (Å²) in [6.07, 6.45) is 2.55. The van der Waals surface area contributed by atoms with Crippen LogP contribution < -0.4 is 21.7 Å². The molecular formula is C15H22N4O2. The maximum atomic E-state index is 12.6. The van der Waals surface area contributed by atoms with E-state index in [4.69, 9.17) is 5.73 Å². The molecule has 0 aliphatic carbocycles. The Labute approximate surface area is 124 Å². The van der Waals surface area contributed by atoms with Crippen LogP contribution in [0, 0.1) is 5.41 Å². The Morgan fingerprint density at radius 1 is 1.14 bits per heavy atom. The van der Waals surface area contributed by atoms with E-state index in [1.54, 1.807) is 24.3 Å². The zero-order valence-corrected chi connectivity index (χ0v) is 12.2. The van der Waals surface area contributed by atoms with Crippen LogP contribution in [0.3, 0.4) is 0 Å². The molecule has 0 bridgehead atoms. The smallest absolute Gasteiger partial charge is 0.316 e. The van der Waals surface area contributed by atoms with Crippen LogP contribution in [0.25, 0.3) is 0 Å². The number of nitrogens with one attached hydrogen (secondary N) is 3. The predicted molar refractivity (Wildman–Crippen MR) is 83.1 cm³/mol. The molecule has 21 heavy (non-hydrogen) atoms. The van der Waals surface area contributed by atoms with E-state index in [2.05, 4.69) is 22.9 Å². The number of nitrogens with two attached hydrogens (primary N) is 1. The molecule has 6 heteroatoms. The summed E-state index contributed by atoms with van der Waals surface area (Å²) in [6.45, 7) is 3.82. The average molecular weight is 290 g/mol. The van der Waals surface area contributed by atoms with Crippen molar-refractivity contribution in [1.29, 1.82) is 0 Å². The Balaban J connectivity index is 2.03. The van der Waals surface area contributed by atoms with Gasteiger partial charge in [0.2, 0.25) is 5.91 Å². The van der Waals surface area contributed by atoms with E-state index in [1.165, 1.54) is 0 Å². The number of piperidine rings is 1. The van der Waals surface area contributed by atoms with E-state index in [0.717, 1.165) is 38.0 Å². The molecule has 1 fully saturated rings. The molecular weight excluding hydrogens is 268 g/mol. The van der Waals surface area contributed by atoms with E-state index < -0.39 is 6.03 Å². The molecule has 0 unspecified atom stereocenters.